The number of anilines is 1. The Kier molecular flexibility index (Phi) is 6.22. The average molecular weight is 379 g/mol. The van der Waals surface area contributed by atoms with Gasteiger partial charge in [-0.05, 0) is 24.6 Å². The fourth-order valence-corrected chi connectivity index (χ4v) is 3.04. The van der Waals surface area contributed by atoms with Crippen molar-refractivity contribution in [3.63, 3.8) is 0 Å². The van der Waals surface area contributed by atoms with Gasteiger partial charge in [0, 0.05) is 16.5 Å². The minimum absolute atomic E-state index is 0.418. The maximum absolute atomic E-state index is 5.83. The molecule has 0 amide bonds. The smallest absolute Gasteiger partial charge is 0.203 e. The quantitative estimate of drug-likeness (QED) is 0.331. The van der Waals surface area contributed by atoms with Crippen LogP contribution in [0.2, 0.25) is 0 Å². The van der Waals surface area contributed by atoms with E-state index >= 15 is 0 Å². The summed E-state index contributed by atoms with van der Waals surface area (Å²) in [5.41, 5.74) is 6.71. The van der Waals surface area contributed by atoms with E-state index in [0.717, 1.165) is 27.5 Å². The van der Waals surface area contributed by atoms with Gasteiger partial charge in [0.25, 0.3) is 0 Å². The van der Waals surface area contributed by atoms with Gasteiger partial charge in [0.05, 0.1) is 19.0 Å². The van der Waals surface area contributed by atoms with Crippen molar-refractivity contribution < 1.29 is 9.47 Å². The van der Waals surface area contributed by atoms with Crippen LogP contribution in [0.1, 0.15) is 12.5 Å². The maximum atomic E-state index is 5.83. The Bertz CT molecular complexity index is 936. The molecule has 0 unspecified atom stereocenters. The minimum Gasteiger partial charge on any atom is -0.493 e. The van der Waals surface area contributed by atoms with Gasteiger partial charge in [-0.3, -0.25) is 5.43 Å². The molecule has 0 aliphatic carbocycles. The molecule has 6 heteroatoms. The molecule has 27 heavy (non-hydrogen) atoms. The van der Waals surface area contributed by atoms with Gasteiger partial charge >= 0.3 is 0 Å². The molecule has 0 fully saturated rings. The van der Waals surface area contributed by atoms with E-state index in [0.29, 0.717) is 18.1 Å². The Hall–Kier alpha value is -3.12. The van der Waals surface area contributed by atoms with E-state index in [9.17, 15) is 0 Å². The molecule has 0 aliphatic rings. The molecule has 0 aliphatic heterocycles. The second-order valence-electron chi connectivity index (χ2n) is 5.90. The largest absolute Gasteiger partial charge is 0.493 e. The van der Waals surface area contributed by atoms with Gasteiger partial charge in [0.2, 0.25) is 5.13 Å². The van der Waals surface area contributed by atoms with Crippen molar-refractivity contribution in [2.75, 3.05) is 19.1 Å². The Balaban J connectivity index is 1.73. The highest BCUT2D eigenvalue weighted by Gasteiger charge is 2.09. The van der Waals surface area contributed by atoms with E-state index in [1.165, 1.54) is 11.3 Å². The van der Waals surface area contributed by atoms with Crippen molar-refractivity contribution in [1.29, 1.82) is 0 Å². The van der Waals surface area contributed by atoms with E-state index in [-0.39, 0.29) is 0 Å². The fourth-order valence-electron chi connectivity index (χ4n) is 2.37. The summed E-state index contributed by atoms with van der Waals surface area (Å²) in [5.74, 6) is 1.29. The first kappa shape index (κ1) is 18.7. The summed E-state index contributed by atoms with van der Waals surface area (Å²) in [7, 11) is 1.61. The van der Waals surface area contributed by atoms with E-state index < -0.39 is 0 Å². The highest BCUT2D eigenvalue weighted by Crippen LogP contribution is 2.30. The van der Waals surface area contributed by atoms with Gasteiger partial charge in [0.15, 0.2) is 11.5 Å². The van der Waals surface area contributed by atoms with Crippen LogP contribution in [0.15, 0.2) is 71.2 Å². The summed E-state index contributed by atoms with van der Waals surface area (Å²) in [5, 5.41) is 7.02. The summed E-state index contributed by atoms with van der Waals surface area (Å²) in [6, 6.07) is 15.7. The molecule has 1 heterocycles. The fraction of sp³-hybridized carbons (Fsp3) is 0.143. The van der Waals surface area contributed by atoms with Crippen LogP contribution in [0.3, 0.4) is 0 Å². The molecule has 0 spiro atoms. The van der Waals surface area contributed by atoms with Crippen LogP contribution in [-0.2, 0) is 0 Å². The number of aromatic nitrogens is 1. The molecule has 0 bridgehead atoms. The summed E-state index contributed by atoms with van der Waals surface area (Å²) < 4.78 is 11.2. The van der Waals surface area contributed by atoms with E-state index in [4.69, 9.17) is 9.47 Å². The van der Waals surface area contributed by atoms with E-state index in [2.05, 4.69) is 22.1 Å². The first-order valence-electron chi connectivity index (χ1n) is 8.41. The van der Waals surface area contributed by atoms with Crippen molar-refractivity contribution in [3.05, 3.63) is 71.6 Å². The summed E-state index contributed by atoms with van der Waals surface area (Å²) in [6.45, 7) is 6.20. The molecule has 3 aromatic rings. The Labute approximate surface area is 163 Å². The number of thiazole rings is 1. The lowest BCUT2D eigenvalue weighted by Gasteiger charge is -2.12. The van der Waals surface area contributed by atoms with Gasteiger partial charge < -0.3 is 9.47 Å². The maximum Gasteiger partial charge on any atom is 0.203 e. The number of hydrazone groups is 1. The number of rotatable bonds is 8. The van der Waals surface area contributed by atoms with Crippen LogP contribution in [0.25, 0.3) is 11.3 Å². The van der Waals surface area contributed by atoms with Crippen molar-refractivity contribution in [2.45, 2.75) is 6.92 Å². The third-order valence-corrected chi connectivity index (χ3v) is 4.38. The highest BCUT2D eigenvalue weighted by molar-refractivity contribution is 7.14. The molecule has 1 aromatic heterocycles. The number of ether oxygens (including phenoxy) is 2. The molecule has 138 valence electrons. The van der Waals surface area contributed by atoms with Gasteiger partial charge in [-0.15, -0.1) is 11.3 Å². The molecule has 5 nitrogen and oxygen atoms in total. The Morgan fingerprint density at radius 1 is 1.22 bits per heavy atom. The zero-order chi connectivity index (χ0) is 19.1. The number of hydrogen-bond acceptors (Lipinski definition) is 6. The second kappa shape index (κ2) is 9.00. The third-order valence-electron chi connectivity index (χ3n) is 3.63. The minimum atomic E-state index is 0.418. The highest BCUT2D eigenvalue weighted by atomic mass is 32.1. The molecule has 0 saturated heterocycles. The zero-order valence-electron chi connectivity index (χ0n) is 15.3. The molecule has 0 radical (unpaired) electrons. The molecule has 0 atom stereocenters. The van der Waals surface area contributed by atoms with Crippen LogP contribution in [0.5, 0.6) is 11.5 Å². The third kappa shape index (κ3) is 4.95. The monoisotopic (exact) mass is 379 g/mol. The standard InChI is InChI=1S/C21H21N3O2S/c1-15(2)13-26-20-17(10-7-11-19(20)25-3)12-22-24-21-23-18(14-27-21)16-8-5-4-6-9-16/h4-12,14H,1,13H2,2-3H3,(H,23,24). The van der Waals surface area contributed by atoms with Crippen LogP contribution in [-0.4, -0.2) is 24.9 Å². The molecular weight excluding hydrogens is 358 g/mol. The normalized spacial score (nSPS) is 10.7. The molecule has 1 N–H and O–H groups in total. The van der Waals surface area contributed by atoms with E-state index in [1.54, 1.807) is 13.3 Å². The lowest BCUT2D eigenvalue weighted by atomic mass is 10.2. The van der Waals surface area contributed by atoms with Crippen LogP contribution in [0.4, 0.5) is 5.13 Å². The SMILES string of the molecule is C=C(C)COc1c(C=NNc2nc(-c3ccccc3)cs2)cccc1OC. The number of nitrogens with one attached hydrogen (secondary N) is 1. The van der Waals surface area contributed by atoms with Gasteiger partial charge in [0.1, 0.15) is 6.61 Å². The zero-order valence-corrected chi connectivity index (χ0v) is 16.1. The topological polar surface area (TPSA) is 55.7 Å². The lowest BCUT2D eigenvalue weighted by molar-refractivity contribution is 0.319. The van der Waals surface area contributed by atoms with Crippen molar-refractivity contribution in [3.8, 4) is 22.8 Å². The Morgan fingerprint density at radius 3 is 2.78 bits per heavy atom. The summed E-state index contributed by atoms with van der Waals surface area (Å²) >= 11 is 1.50. The molecule has 0 saturated carbocycles. The first-order chi connectivity index (χ1) is 13.2. The number of benzene rings is 2. The van der Waals surface area contributed by atoms with Gasteiger partial charge in [-0.25, -0.2) is 4.98 Å². The van der Waals surface area contributed by atoms with Gasteiger partial charge in [-0.2, -0.15) is 5.10 Å². The van der Waals surface area contributed by atoms with Gasteiger partial charge in [-0.1, -0.05) is 43.0 Å². The van der Waals surface area contributed by atoms with Crippen LogP contribution >= 0.6 is 11.3 Å². The summed E-state index contributed by atoms with van der Waals surface area (Å²) in [6.07, 6.45) is 1.69. The molecule has 3 rings (SSSR count). The predicted molar refractivity (Wildman–Crippen MR) is 112 cm³/mol. The number of methoxy groups -OCH3 is 1. The Morgan fingerprint density at radius 2 is 2.04 bits per heavy atom. The number of para-hydroxylation sites is 1. The lowest BCUT2D eigenvalue weighted by Crippen LogP contribution is -2.03. The van der Waals surface area contributed by atoms with Crippen LogP contribution in [0, 0.1) is 0 Å². The molecule has 2 aromatic carbocycles. The first-order valence-corrected chi connectivity index (χ1v) is 9.29. The average Bonchev–Trinajstić information content (AvgIpc) is 3.16. The van der Waals surface area contributed by atoms with Crippen molar-refractivity contribution >= 4 is 22.7 Å². The predicted octanol–water partition coefficient (Wildman–Crippen LogP) is 5.22. The number of hydrogen-bond donors (Lipinski definition) is 1. The van der Waals surface area contributed by atoms with Crippen molar-refractivity contribution in [2.24, 2.45) is 5.10 Å². The summed E-state index contributed by atoms with van der Waals surface area (Å²) in [4.78, 5) is 4.55. The molecular formula is C21H21N3O2S. The van der Waals surface area contributed by atoms with E-state index in [1.807, 2.05) is 60.8 Å². The van der Waals surface area contributed by atoms with Crippen molar-refractivity contribution in [1.82, 2.24) is 4.98 Å². The van der Waals surface area contributed by atoms with Crippen LogP contribution < -0.4 is 14.9 Å². The number of nitrogens with zero attached hydrogens (tertiary/aromatic N) is 2. The second-order valence-corrected chi connectivity index (χ2v) is 6.76.